The maximum atomic E-state index is 11.4. The highest BCUT2D eigenvalue weighted by Crippen LogP contribution is 2.05. The lowest BCUT2D eigenvalue weighted by Gasteiger charge is -2.04. The van der Waals surface area contributed by atoms with Gasteiger partial charge in [-0.05, 0) is 21.5 Å². The van der Waals surface area contributed by atoms with Crippen LogP contribution in [0.3, 0.4) is 0 Å². The Morgan fingerprint density at radius 2 is 2.00 bits per heavy atom. The molecule has 0 aliphatic rings. The second-order valence-corrected chi connectivity index (χ2v) is 4.08. The van der Waals surface area contributed by atoms with E-state index in [1.807, 2.05) is 30.3 Å². The van der Waals surface area contributed by atoms with Crippen molar-refractivity contribution in [2.45, 2.75) is 6.54 Å². The first-order valence-corrected chi connectivity index (χ1v) is 5.31. The lowest BCUT2D eigenvalue weighted by molar-refractivity contribution is 0.723. The fourth-order valence-electron chi connectivity index (χ4n) is 1.32. The highest BCUT2D eigenvalue weighted by molar-refractivity contribution is 9.10. The first kappa shape index (κ1) is 10.1. The summed E-state index contributed by atoms with van der Waals surface area (Å²) in [6.45, 7) is 0.548. The van der Waals surface area contributed by atoms with Gasteiger partial charge in [-0.2, -0.15) is 0 Å². The highest BCUT2D eigenvalue weighted by Gasteiger charge is 1.98. The largest absolute Gasteiger partial charge is 0.347 e. The van der Waals surface area contributed by atoms with E-state index in [2.05, 4.69) is 20.9 Å². The number of hydrogen-bond donors (Lipinski definition) is 0. The average molecular weight is 265 g/mol. The highest BCUT2D eigenvalue weighted by atomic mass is 79.9. The SMILES string of the molecule is O=c1ncc(Br)cn1Cc1ccccc1. The van der Waals surface area contributed by atoms with E-state index in [4.69, 9.17) is 0 Å². The van der Waals surface area contributed by atoms with E-state index in [1.54, 1.807) is 10.8 Å². The van der Waals surface area contributed by atoms with E-state index in [9.17, 15) is 4.79 Å². The Kier molecular flexibility index (Phi) is 2.97. The lowest BCUT2D eigenvalue weighted by atomic mass is 10.2. The summed E-state index contributed by atoms with van der Waals surface area (Å²) in [5.41, 5.74) is 0.849. The van der Waals surface area contributed by atoms with E-state index >= 15 is 0 Å². The van der Waals surface area contributed by atoms with Crippen molar-refractivity contribution in [3.8, 4) is 0 Å². The van der Waals surface area contributed by atoms with E-state index in [0.29, 0.717) is 6.54 Å². The third-order valence-electron chi connectivity index (χ3n) is 2.02. The summed E-state index contributed by atoms with van der Waals surface area (Å²) in [5.74, 6) is 0. The Morgan fingerprint density at radius 1 is 1.27 bits per heavy atom. The molecule has 1 aromatic carbocycles. The minimum absolute atomic E-state index is 0.234. The number of rotatable bonds is 2. The Balaban J connectivity index is 2.32. The molecule has 2 aromatic rings. The van der Waals surface area contributed by atoms with Crippen LogP contribution >= 0.6 is 15.9 Å². The van der Waals surface area contributed by atoms with Crippen molar-refractivity contribution in [1.82, 2.24) is 9.55 Å². The second-order valence-electron chi connectivity index (χ2n) is 3.17. The first-order valence-electron chi connectivity index (χ1n) is 4.51. The molecule has 0 fully saturated rings. The predicted octanol–water partition coefficient (Wildman–Crippen LogP) is 2.05. The van der Waals surface area contributed by atoms with Crippen LogP contribution < -0.4 is 5.69 Å². The molecule has 0 spiro atoms. The van der Waals surface area contributed by atoms with Gasteiger partial charge in [0.05, 0.1) is 11.0 Å². The zero-order valence-electron chi connectivity index (χ0n) is 7.93. The molecule has 0 aliphatic heterocycles. The number of nitrogens with zero attached hydrogens (tertiary/aromatic N) is 2. The van der Waals surface area contributed by atoms with Gasteiger partial charge in [-0.25, -0.2) is 9.78 Å². The number of aromatic nitrogens is 2. The zero-order valence-corrected chi connectivity index (χ0v) is 9.52. The van der Waals surface area contributed by atoms with Crippen LogP contribution in [-0.4, -0.2) is 9.55 Å². The van der Waals surface area contributed by atoms with Crippen molar-refractivity contribution < 1.29 is 0 Å². The monoisotopic (exact) mass is 264 g/mol. The van der Waals surface area contributed by atoms with Crippen LogP contribution in [0.4, 0.5) is 0 Å². The van der Waals surface area contributed by atoms with Crippen molar-refractivity contribution in [3.63, 3.8) is 0 Å². The lowest BCUT2D eigenvalue weighted by Crippen LogP contribution is -2.22. The zero-order chi connectivity index (χ0) is 10.7. The van der Waals surface area contributed by atoms with Gasteiger partial charge >= 0.3 is 5.69 Å². The van der Waals surface area contributed by atoms with Crippen molar-refractivity contribution >= 4 is 15.9 Å². The van der Waals surface area contributed by atoms with Gasteiger partial charge in [0.2, 0.25) is 0 Å². The van der Waals surface area contributed by atoms with Crippen LogP contribution in [0.2, 0.25) is 0 Å². The molecule has 0 saturated heterocycles. The summed E-state index contributed by atoms with van der Waals surface area (Å²) in [6, 6.07) is 9.81. The van der Waals surface area contributed by atoms with Crippen molar-refractivity contribution in [2.75, 3.05) is 0 Å². The third-order valence-corrected chi connectivity index (χ3v) is 2.43. The molecular formula is C11H9BrN2O. The quantitative estimate of drug-likeness (QED) is 0.833. The number of benzene rings is 1. The fourth-order valence-corrected chi connectivity index (χ4v) is 1.67. The third kappa shape index (κ3) is 2.53. The smallest absolute Gasteiger partial charge is 0.294 e. The molecule has 1 heterocycles. The molecule has 3 nitrogen and oxygen atoms in total. The molecule has 0 atom stereocenters. The second kappa shape index (κ2) is 4.40. The van der Waals surface area contributed by atoms with Crippen molar-refractivity contribution in [1.29, 1.82) is 0 Å². The van der Waals surface area contributed by atoms with E-state index in [1.165, 1.54) is 6.20 Å². The maximum absolute atomic E-state index is 11.4. The van der Waals surface area contributed by atoms with Crippen LogP contribution in [0.15, 0.2) is 52.0 Å². The Bertz CT molecular complexity index is 507. The van der Waals surface area contributed by atoms with Gasteiger partial charge in [-0.3, -0.25) is 4.57 Å². The van der Waals surface area contributed by atoms with Gasteiger partial charge in [0, 0.05) is 12.4 Å². The molecule has 76 valence electrons. The van der Waals surface area contributed by atoms with Gasteiger partial charge in [0.1, 0.15) is 0 Å². The topological polar surface area (TPSA) is 34.9 Å². The van der Waals surface area contributed by atoms with Crippen molar-refractivity contribution in [3.05, 3.63) is 63.2 Å². The molecular weight excluding hydrogens is 256 g/mol. The molecule has 2 rings (SSSR count). The summed E-state index contributed by atoms with van der Waals surface area (Å²) < 4.78 is 2.37. The summed E-state index contributed by atoms with van der Waals surface area (Å²) in [5, 5.41) is 0. The Labute approximate surface area is 95.5 Å². The van der Waals surface area contributed by atoms with Gasteiger partial charge in [0.25, 0.3) is 0 Å². The Hall–Kier alpha value is -1.42. The van der Waals surface area contributed by atoms with E-state index in [0.717, 1.165) is 10.0 Å². The molecule has 0 bridgehead atoms. The van der Waals surface area contributed by atoms with Gasteiger partial charge < -0.3 is 0 Å². The molecule has 0 saturated carbocycles. The number of hydrogen-bond acceptors (Lipinski definition) is 2. The van der Waals surface area contributed by atoms with E-state index < -0.39 is 0 Å². The van der Waals surface area contributed by atoms with Crippen LogP contribution in [0.5, 0.6) is 0 Å². The molecule has 0 aliphatic carbocycles. The van der Waals surface area contributed by atoms with E-state index in [-0.39, 0.29) is 5.69 Å². The average Bonchev–Trinajstić information content (AvgIpc) is 2.25. The van der Waals surface area contributed by atoms with Crippen LogP contribution in [0.25, 0.3) is 0 Å². The molecule has 4 heteroatoms. The van der Waals surface area contributed by atoms with Crippen molar-refractivity contribution in [2.24, 2.45) is 0 Å². The fraction of sp³-hybridized carbons (Fsp3) is 0.0909. The first-order chi connectivity index (χ1) is 7.25. The molecule has 0 N–H and O–H groups in total. The molecule has 0 amide bonds. The summed E-state index contributed by atoms with van der Waals surface area (Å²) >= 11 is 3.29. The molecule has 15 heavy (non-hydrogen) atoms. The van der Waals surface area contributed by atoms with Crippen LogP contribution in [0, 0.1) is 0 Å². The molecule has 0 radical (unpaired) electrons. The van der Waals surface area contributed by atoms with Gasteiger partial charge in [-0.15, -0.1) is 0 Å². The van der Waals surface area contributed by atoms with Gasteiger partial charge in [0.15, 0.2) is 0 Å². The molecule has 0 unspecified atom stereocenters. The standard InChI is InChI=1S/C11H9BrN2O/c12-10-6-13-11(15)14(8-10)7-9-4-2-1-3-5-9/h1-6,8H,7H2. The summed E-state index contributed by atoms with van der Waals surface area (Å²) in [6.07, 6.45) is 3.24. The predicted molar refractivity (Wildman–Crippen MR) is 61.7 cm³/mol. The Morgan fingerprint density at radius 3 is 2.73 bits per heavy atom. The maximum Gasteiger partial charge on any atom is 0.347 e. The van der Waals surface area contributed by atoms with Crippen LogP contribution in [0.1, 0.15) is 5.56 Å². The minimum atomic E-state index is -0.234. The molecule has 1 aromatic heterocycles. The summed E-state index contributed by atoms with van der Waals surface area (Å²) in [4.78, 5) is 15.1. The number of halogens is 1. The van der Waals surface area contributed by atoms with Gasteiger partial charge in [-0.1, -0.05) is 30.3 Å². The van der Waals surface area contributed by atoms with Crippen LogP contribution in [-0.2, 0) is 6.54 Å². The minimum Gasteiger partial charge on any atom is -0.294 e. The summed E-state index contributed by atoms with van der Waals surface area (Å²) in [7, 11) is 0. The normalized spacial score (nSPS) is 10.2.